The lowest BCUT2D eigenvalue weighted by atomic mass is 10.1. The largest absolute Gasteiger partial charge is 0.462 e. The third-order valence-corrected chi connectivity index (χ3v) is 2.50. The molecule has 0 aromatic heterocycles. The van der Waals surface area contributed by atoms with Gasteiger partial charge in [0.1, 0.15) is 12.2 Å². The summed E-state index contributed by atoms with van der Waals surface area (Å²) in [5, 5.41) is 10.9. The molecule has 0 amide bonds. The lowest BCUT2D eigenvalue weighted by Crippen LogP contribution is -2.19. The molecule has 0 unspecified atom stereocenters. The van der Waals surface area contributed by atoms with Crippen LogP contribution in [0.15, 0.2) is 29.8 Å². The number of ether oxygens (including phenoxy) is 2. The summed E-state index contributed by atoms with van der Waals surface area (Å²) in [5.74, 6) is -1.44. The van der Waals surface area contributed by atoms with E-state index >= 15 is 0 Å². The van der Waals surface area contributed by atoms with E-state index in [1.54, 1.807) is 13.0 Å². The molecule has 0 fully saturated rings. The number of para-hydroxylation sites is 1. The lowest BCUT2D eigenvalue weighted by Gasteiger charge is -2.06. The number of nitro groups is 1. The summed E-state index contributed by atoms with van der Waals surface area (Å²) in [5.41, 5.74) is -0.340. The molecule has 7 heteroatoms. The molecule has 0 N–H and O–H groups in total. The van der Waals surface area contributed by atoms with Gasteiger partial charge in [-0.15, -0.1) is 0 Å². The number of nitrogens with zero attached hydrogens (tertiary/aromatic N) is 1. The van der Waals surface area contributed by atoms with E-state index in [-0.39, 0.29) is 30.0 Å². The fourth-order valence-electron chi connectivity index (χ4n) is 1.60. The molecule has 1 rings (SSSR count). The summed E-state index contributed by atoms with van der Waals surface area (Å²) in [6.45, 7) is 1.37. The Hall–Kier alpha value is -2.54. The molecular formula is C14H15NO6. The van der Waals surface area contributed by atoms with Crippen LogP contribution in [0.5, 0.6) is 0 Å². The average molecular weight is 293 g/mol. The summed E-state index contributed by atoms with van der Waals surface area (Å²) in [7, 11) is 1.31. The molecule has 0 heterocycles. The van der Waals surface area contributed by atoms with Crippen molar-refractivity contribution in [3.8, 4) is 0 Å². The number of esters is 1. The van der Waals surface area contributed by atoms with Crippen molar-refractivity contribution in [2.75, 3.05) is 20.3 Å². The van der Waals surface area contributed by atoms with Crippen molar-refractivity contribution in [2.24, 2.45) is 0 Å². The van der Waals surface area contributed by atoms with E-state index in [0.717, 1.165) is 6.08 Å². The molecule has 1 aromatic carbocycles. The van der Waals surface area contributed by atoms with Crippen LogP contribution in [-0.4, -0.2) is 37.0 Å². The molecule has 7 nitrogen and oxygen atoms in total. The first kappa shape index (κ1) is 16.5. The second kappa shape index (κ2) is 7.91. The Morgan fingerprint density at radius 2 is 2.00 bits per heavy atom. The number of nitro benzene ring substituents is 1. The highest BCUT2D eigenvalue weighted by Gasteiger charge is 2.21. The number of carbonyl (C=O) groups excluding carboxylic acids is 2. The smallest absolute Gasteiger partial charge is 0.341 e. The van der Waals surface area contributed by atoms with E-state index in [1.165, 1.54) is 25.3 Å². The van der Waals surface area contributed by atoms with Crippen molar-refractivity contribution in [1.29, 1.82) is 0 Å². The highest BCUT2D eigenvalue weighted by Crippen LogP contribution is 2.21. The standard InChI is InChI=1S/C14H15NO6/c1-3-21-14(17)11(13(16)9-20-2)8-10-6-4-5-7-12(10)15(18)19/h4-8H,3,9H2,1-2H3. The second-order valence-corrected chi connectivity index (χ2v) is 3.95. The molecule has 0 saturated heterocycles. The molecule has 0 aliphatic rings. The van der Waals surface area contributed by atoms with Crippen LogP contribution >= 0.6 is 0 Å². The molecule has 0 spiro atoms. The van der Waals surface area contributed by atoms with Gasteiger partial charge in [-0.05, 0) is 19.1 Å². The van der Waals surface area contributed by atoms with Crippen LogP contribution < -0.4 is 0 Å². The van der Waals surface area contributed by atoms with Crippen molar-refractivity contribution < 1.29 is 24.0 Å². The topological polar surface area (TPSA) is 95.7 Å². The van der Waals surface area contributed by atoms with Gasteiger partial charge in [0.25, 0.3) is 5.69 Å². The van der Waals surface area contributed by atoms with Gasteiger partial charge in [0, 0.05) is 13.2 Å². The fourth-order valence-corrected chi connectivity index (χ4v) is 1.60. The SMILES string of the molecule is CCOC(=O)C(=Cc1ccccc1[N+](=O)[O-])C(=O)COC. The van der Waals surface area contributed by atoms with E-state index in [9.17, 15) is 19.7 Å². The van der Waals surface area contributed by atoms with Gasteiger partial charge in [0.05, 0.1) is 17.1 Å². The molecule has 1 aromatic rings. The Balaban J connectivity index is 3.28. The van der Waals surface area contributed by atoms with Crippen LogP contribution in [0.2, 0.25) is 0 Å². The molecule has 0 aliphatic carbocycles. The van der Waals surface area contributed by atoms with Crippen molar-refractivity contribution in [3.05, 3.63) is 45.5 Å². The van der Waals surface area contributed by atoms with E-state index in [0.29, 0.717) is 0 Å². The minimum atomic E-state index is -0.835. The molecular weight excluding hydrogens is 278 g/mol. The molecule has 21 heavy (non-hydrogen) atoms. The van der Waals surface area contributed by atoms with Gasteiger partial charge in [-0.25, -0.2) is 4.79 Å². The van der Waals surface area contributed by atoms with Gasteiger partial charge < -0.3 is 9.47 Å². The maximum absolute atomic E-state index is 11.9. The van der Waals surface area contributed by atoms with Gasteiger partial charge in [0.2, 0.25) is 0 Å². The molecule has 0 bridgehead atoms. The summed E-state index contributed by atoms with van der Waals surface area (Å²) in [6, 6.07) is 5.80. The van der Waals surface area contributed by atoms with Crippen molar-refractivity contribution in [1.82, 2.24) is 0 Å². The lowest BCUT2D eigenvalue weighted by molar-refractivity contribution is -0.385. The predicted molar refractivity (Wildman–Crippen MR) is 74.6 cm³/mol. The third kappa shape index (κ3) is 4.50. The Kier molecular flexibility index (Phi) is 6.22. The summed E-state index contributed by atoms with van der Waals surface area (Å²) >= 11 is 0. The molecule has 0 atom stereocenters. The van der Waals surface area contributed by atoms with Crippen LogP contribution in [0.1, 0.15) is 12.5 Å². The minimum Gasteiger partial charge on any atom is -0.462 e. The van der Waals surface area contributed by atoms with E-state index < -0.39 is 16.7 Å². The third-order valence-electron chi connectivity index (χ3n) is 2.50. The van der Waals surface area contributed by atoms with Gasteiger partial charge in [0.15, 0.2) is 5.78 Å². The van der Waals surface area contributed by atoms with Crippen LogP contribution in [-0.2, 0) is 19.1 Å². The number of benzene rings is 1. The molecule has 112 valence electrons. The van der Waals surface area contributed by atoms with E-state index in [1.807, 2.05) is 0 Å². The van der Waals surface area contributed by atoms with E-state index in [4.69, 9.17) is 9.47 Å². The monoisotopic (exact) mass is 293 g/mol. The van der Waals surface area contributed by atoms with Crippen molar-refractivity contribution in [2.45, 2.75) is 6.92 Å². The van der Waals surface area contributed by atoms with Gasteiger partial charge in [-0.3, -0.25) is 14.9 Å². The highest BCUT2D eigenvalue weighted by atomic mass is 16.6. The first-order valence-electron chi connectivity index (χ1n) is 6.15. The van der Waals surface area contributed by atoms with Crippen LogP contribution in [0.3, 0.4) is 0 Å². The fraction of sp³-hybridized carbons (Fsp3) is 0.286. The minimum absolute atomic E-state index is 0.0906. The van der Waals surface area contributed by atoms with Crippen LogP contribution in [0.25, 0.3) is 6.08 Å². The number of carbonyl (C=O) groups is 2. The number of hydrogen-bond donors (Lipinski definition) is 0. The maximum atomic E-state index is 11.9. The highest BCUT2D eigenvalue weighted by molar-refractivity contribution is 6.21. The zero-order chi connectivity index (χ0) is 15.8. The zero-order valence-electron chi connectivity index (χ0n) is 11.7. The molecule has 0 radical (unpaired) electrons. The first-order valence-corrected chi connectivity index (χ1v) is 6.15. The van der Waals surface area contributed by atoms with E-state index in [2.05, 4.69) is 0 Å². The Morgan fingerprint density at radius 1 is 1.33 bits per heavy atom. The van der Waals surface area contributed by atoms with Crippen molar-refractivity contribution in [3.63, 3.8) is 0 Å². The Morgan fingerprint density at radius 3 is 2.57 bits per heavy atom. The zero-order valence-corrected chi connectivity index (χ0v) is 11.7. The number of Topliss-reactive ketones (excluding diaryl/α,β-unsaturated/α-hetero) is 1. The average Bonchev–Trinajstić information content (AvgIpc) is 2.45. The van der Waals surface area contributed by atoms with Crippen LogP contribution in [0, 0.1) is 10.1 Å². The predicted octanol–water partition coefficient (Wildman–Crippen LogP) is 1.76. The first-order chi connectivity index (χ1) is 10.0. The normalized spacial score (nSPS) is 11.0. The number of rotatable bonds is 7. The quantitative estimate of drug-likeness (QED) is 0.190. The van der Waals surface area contributed by atoms with Gasteiger partial charge in [-0.1, -0.05) is 12.1 Å². The molecule has 0 saturated carbocycles. The molecule has 0 aliphatic heterocycles. The Bertz CT molecular complexity index is 559. The van der Waals surface area contributed by atoms with Gasteiger partial charge >= 0.3 is 5.97 Å². The number of hydrogen-bond acceptors (Lipinski definition) is 6. The summed E-state index contributed by atoms with van der Waals surface area (Å²) in [6.07, 6.45) is 1.15. The Labute approximate surface area is 121 Å². The summed E-state index contributed by atoms with van der Waals surface area (Å²) in [4.78, 5) is 34.0. The number of methoxy groups -OCH3 is 1. The van der Waals surface area contributed by atoms with Gasteiger partial charge in [-0.2, -0.15) is 0 Å². The summed E-state index contributed by atoms with van der Waals surface area (Å²) < 4.78 is 9.49. The number of ketones is 1. The van der Waals surface area contributed by atoms with Crippen molar-refractivity contribution >= 4 is 23.5 Å². The second-order valence-electron chi connectivity index (χ2n) is 3.95. The van der Waals surface area contributed by atoms with Crippen LogP contribution in [0.4, 0.5) is 5.69 Å². The maximum Gasteiger partial charge on any atom is 0.341 e.